The van der Waals surface area contributed by atoms with Gasteiger partial charge in [0.25, 0.3) is 0 Å². The predicted octanol–water partition coefficient (Wildman–Crippen LogP) is 19.1. The van der Waals surface area contributed by atoms with Gasteiger partial charge in [0.1, 0.15) is 13.2 Å². The van der Waals surface area contributed by atoms with Gasteiger partial charge in [0.2, 0.25) is 0 Å². The van der Waals surface area contributed by atoms with E-state index in [1.165, 1.54) is 89.9 Å². The van der Waals surface area contributed by atoms with Crippen molar-refractivity contribution in [2.45, 2.75) is 258 Å². The monoisotopic (exact) mass is 957 g/mol. The van der Waals surface area contributed by atoms with E-state index in [4.69, 9.17) is 14.2 Å². The van der Waals surface area contributed by atoms with Gasteiger partial charge < -0.3 is 14.2 Å². The molecule has 0 aliphatic carbocycles. The summed E-state index contributed by atoms with van der Waals surface area (Å²) in [7, 11) is 0. The average molecular weight is 958 g/mol. The molecule has 69 heavy (non-hydrogen) atoms. The van der Waals surface area contributed by atoms with Gasteiger partial charge in [0, 0.05) is 19.3 Å². The second-order valence-electron chi connectivity index (χ2n) is 18.5. The van der Waals surface area contributed by atoms with Crippen LogP contribution in [0.1, 0.15) is 252 Å². The third-order valence-corrected chi connectivity index (χ3v) is 11.8. The smallest absolute Gasteiger partial charge is 0.306 e. The number of carbonyl (C=O) groups excluding carboxylic acids is 3. The van der Waals surface area contributed by atoms with Crippen molar-refractivity contribution in [3.8, 4) is 0 Å². The topological polar surface area (TPSA) is 78.9 Å². The lowest BCUT2D eigenvalue weighted by Gasteiger charge is -2.18. The molecule has 6 nitrogen and oxygen atoms in total. The number of rotatable bonds is 50. The molecule has 392 valence electrons. The van der Waals surface area contributed by atoms with E-state index in [-0.39, 0.29) is 37.5 Å². The van der Waals surface area contributed by atoms with Crippen LogP contribution in [0.5, 0.6) is 0 Å². The van der Waals surface area contributed by atoms with Crippen LogP contribution in [0, 0.1) is 0 Å². The zero-order valence-corrected chi connectivity index (χ0v) is 44.8. The van der Waals surface area contributed by atoms with Gasteiger partial charge in [0.05, 0.1) is 0 Å². The molecule has 0 radical (unpaired) electrons. The Labute approximate surface area is 425 Å². The van der Waals surface area contributed by atoms with Crippen LogP contribution in [-0.4, -0.2) is 37.2 Å². The molecule has 1 atom stereocenters. The molecule has 0 aliphatic heterocycles. The van der Waals surface area contributed by atoms with Gasteiger partial charge in [-0.1, -0.05) is 233 Å². The van der Waals surface area contributed by atoms with Crippen LogP contribution in [0.4, 0.5) is 0 Å². The summed E-state index contributed by atoms with van der Waals surface area (Å²) in [6.07, 6.45) is 76.4. The van der Waals surface area contributed by atoms with Crippen molar-refractivity contribution in [2.24, 2.45) is 0 Å². The van der Waals surface area contributed by atoms with Gasteiger partial charge in [-0.3, -0.25) is 14.4 Å². The normalized spacial score (nSPS) is 12.9. The highest BCUT2D eigenvalue weighted by molar-refractivity contribution is 5.71. The minimum Gasteiger partial charge on any atom is -0.462 e. The number of hydrogen-bond acceptors (Lipinski definition) is 6. The van der Waals surface area contributed by atoms with Gasteiger partial charge in [-0.05, 0) is 109 Å². The van der Waals surface area contributed by atoms with Crippen molar-refractivity contribution in [3.63, 3.8) is 0 Å². The third kappa shape index (κ3) is 54.9. The fourth-order valence-electron chi connectivity index (χ4n) is 7.51. The van der Waals surface area contributed by atoms with Gasteiger partial charge in [-0.25, -0.2) is 0 Å². The zero-order valence-electron chi connectivity index (χ0n) is 44.8. The Morgan fingerprint density at radius 2 is 0.565 bits per heavy atom. The molecule has 0 spiro atoms. The summed E-state index contributed by atoms with van der Waals surface area (Å²) >= 11 is 0. The number of hydrogen-bond donors (Lipinski definition) is 0. The Balaban J connectivity index is 4.51. The molecule has 0 rings (SSSR count). The van der Waals surface area contributed by atoms with E-state index in [1.807, 2.05) is 0 Å². The Hall–Kier alpha value is -3.93. The first-order valence-electron chi connectivity index (χ1n) is 28.4. The van der Waals surface area contributed by atoms with Crippen LogP contribution >= 0.6 is 0 Å². The Morgan fingerprint density at radius 3 is 0.913 bits per heavy atom. The molecule has 6 heteroatoms. The van der Waals surface area contributed by atoms with Crippen LogP contribution in [0.25, 0.3) is 0 Å². The van der Waals surface area contributed by atoms with Gasteiger partial charge in [-0.15, -0.1) is 0 Å². The first-order chi connectivity index (χ1) is 34.0. The van der Waals surface area contributed by atoms with E-state index < -0.39 is 6.10 Å². The molecule has 0 bridgehead atoms. The number of ether oxygens (including phenoxy) is 3. The summed E-state index contributed by atoms with van der Waals surface area (Å²) in [5, 5.41) is 0. The van der Waals surface area contributed by atoms with Crippen molar-refractivity contribution in [1.82, 2.24) is 0 Å². The maximum atomic E-state index is 12.8. The molecule has 0 aromatic rings. The van der Waals surface area contributed by atoms with Crippen LogP contribution in [0.2, 0.25) is 0 Å². The number of allylic oxidation sites excluding steroid dienone is 18. The van der Waals surface area contributed by atoms with Crippen molar-refractivity contribution in [3.05, 3.63) is 109 Å². The first kappa shape index (κ1) is 65.1. The molecule has 0 saturated heterocycles. The highest BCUT2D eigenvalue weighted by atomic mass is 16.6. The molecule has 0 fully saturated rings. The second-order valence-corrected chi connectivity index (χ2v) is 18.5. The molecular weight excluding hydrogens is 853 g/mol. The molecule has 0 saturated carbocycles. The lowest BCUT2D eigenvalue weighted by atomic mass is 10.0. The lowest BCUT2D eigenvalue weighted by Crippen LogP contribution is -2.30. The Kier molecular flexibility index (Phi) is 53.4. The van der Waals surface area contributed by atoms with Crippen molar-refractivity contribution in [1.29, 1.82) is 0 Å². The number of unbranched alkanes of at least 4 members (excludes halogenated alkanes) is 21. The summed E-state index contributed by atoms with van der Waals surface area (Å²) in [5.74, 6) is -0.966. The Bertz CT molecular complexity index is 1420. The summed E-state index contributed by atoms with van der Waals surface area (Å²) in [6, 6.07) is 0. The van der Waals surface area contributed by atoms with Crippen molar-refractivity contribution >= 4 is 17.9 Å². The largest absolute Gasteiger partial charge is 0.462 e. The number of carbonyl (C=O) groups is 3. The van der Waals surface area contributed by atoms with Gasteiger partial charge in [-0.2, -0.15) is 0 Å². The molecular formula is C63H104O6. The van der Waals surface area contributed by atoms with E-state index >= 15 is 0 Å². The first-order valence-corrected chi connectivity index (χ1v) is 28.4. The van der Waals surface area contributed by atoms with E-state index in [2.05, 4.69) is 130 Å². The SMILES string of the molecule is CC/C=C/C/C=C/C/C=C/C/C=C/C/C=C/CCCCCC(=O)OC[C@@H](COC(=O)CCCCCCCCCCCCCCC)OC(=O)CCCCC/C=C/C/C=C/C/C=C/C/C=C/CCCCC. The summed E-state index contributed by atoms with van der Waals surface area (Å²) in [4.78, 5) is 38.1. The van der Waals surface area contributed by atoms with E-state index in [0.29, 0.717) is 12.8 Å². The van der Waals surface area contributed by atoms with Crippen molar-refractivity contribution in [2.75, 3.05) is 13.2 Å². The minimum absolute atomic E-state index is 0.102. The molecule has 0 N–H and O–H groups in total. The molecule has 0 unspecified atom stereocenters. The van der Waals surface area contributed by atoms with Gasteiger partial charge >= 0.3 is 17.9 Å². The van der Waals surface area contributed by atoms with E-state index in [1.54, 1.807) is 0 Å². The maximum absolute atomic E-state index is 12.8. The molecule has 0 aromatic carbocycles. The van der Waals surface area contributed by atoms with E-state index in [0.717, 1.165) is 122 Å². The lowest BCUT2D eigenvalue weighted by molar-refractivity contribution is -0.167. The summed E-state index contributed by atoms with van der Waals surface area (Å²) in [5.41, 5.74) is 0. The molecule has 0 aliphatic rings. The molecule has 0 aromatic heterocycles. The van der Waals surface area contributed by atoms with Crippen LogP contribution in [0.3, 0.4) is 0 Å². The standard InChI is InChI=1S/C63H104O6/c1-4-7-10-13-16-19-22-25-27-29-31-33-35-38-41-44-47-50-53-56-62(65)68-59-60(58-67-61(64)55-52-49-46-43-40-37-24-21-18-15-12-9-6-3)69-63(66)57-54-51-48-45-42-39-36-34-32-30-28-26-23-20-17-14-11-8-5-2/h7,10,16-17,19-20,25-28,31-34,38-39,41-42,60H,4-6,8-9,11-15,18,21-24,29-30,35-37,40,43-59H2,1-3H3/b10-7+,19-16+,20-17+,27-25+,28-26+,33-31+,34-32+,41-38+,42-39+/t60-/m1/s1. The Morgan fingerprint density at radius 1 is 0.304 bits per heavy atom. The van der Waals surface area contributed by atoms with Crippen LogP contribution in [-0.2, 0) is 28.6 Å². The second kappa shape index (κ2) is 56.7. The zero-order chi connectivity index (χ0) is 50.0. The number of esters is 3. The highest BCUT2D eigenvalue weighted by Crippen LogP contribution is 2.14. The quantitative estimate of drug-likeness (QED) is 0.0262. The maximum Gasteiger partial charge on any atom is 0.306 e. The van der Waals surface area contributed by atoms with Crippen LogP contribution in [0.15, 0.2) is 109 Å². The summed E-state index contributed by atoms with van der Waals surface area (Å²) in [6.45, 7) is 6.44. The van der Waals surface area contributed by atoms with Crippen LogP contribution < -0.4 is 0 Å². The fourth-order valence-corrected chi connectivity index (χ4v) is 7.51. The fraction of sp³-hybridized carbons (Fsp3) is 0.667. The molecule has 0 amide bonds. The van der Waals surface area contributed by atoms with Crippen molar-refractivity contribution < 1.29 is 28.6 Å². The third-order valence-electron chi connectivity index (χ3n) is 11.8. The van der Waals surface area contributed by atoms with E-state index in [9.17, 15) is 14.4 Å². The average Bonchev–Trinajstić information content (AvgIpc) is 3.35. The summed E-state index contributed by atoms with van der Waals surface area (Å²) < 4.78 is 16.8. The molecule has 0 heterocycles. The minimum atomic E-state index is -0.809. The van der Waals surface area contributed by atoms with Gasteiger partial charge in [0.15, 0.2) is 6.10 Å². The highest BCUT2D eigenvalue weighted by Gasteiger charge is 2.19. The predicted molar refractivity (Wildman–Crippen MR) is 297 cm³/mol.